The second-order valence-corrected chi connectivity index (χ2v) is 2.12. The molecule has 6 nitrogen and oxygen atoms in total. The first-order chi connectivity index (χ1) is 7.12. The maximum Gasteiger partial charge on any atom is 0.312 e. The normalized spacial score (nSPS) is 7.87. The minimum atomic E-state index is -0.491. The van der Waals surface area contributed by atoms with Gasteiger partial charge in [-0.05, 0) is 6.92 Å². The van der Waals surface area contributed by atoms with Gasteiger partial charge >= 0.3 is 11.9 Å². The number of ether oxygens (including phenoxy) is 2. The van der Waals surface area contributed by atoms with Crippen LogP contribution in [0.3, 0.4) is 0 Å². The van der Waals surface area contributed by atoms with Crippen LogP contribution in [0.5, 0.6) is 0 Å². The smallest absolute Gasteiger partial charge is 0.312 e. The summed E-state index contributed by atoms with van der Waals surface area (Å²) in [5.41, 5.74) is 0. The summed E-state index contributed by atoms with van der Waals surface area (Å²) in [5, 5.41) is 0. The van der Waals surface area contributed by atoms with Gasteiger partial charge in [0, 0.05) is 0 Å². The zero-order valence-electron chi connectivity index (χ0n) is 8.73. The van der Waals surface area contributed by atoms with Crippen LogP contribution in [-0.2, 0) is 28.7 Å². The minimum Gasteiger partial charge on any atom is -0.469 e. The molecule has 0 aliphatic carbocycles. The Hall–Kier alpha value is -1.72. The van der Waals surface area contributed by atoms with Gasteiger partial charge in [0.05, 0.1) is 13.7 Å². The Kier molecular flexibility index (Phi) is 12.9. The van der Waals surface area contributed by atoms with Crippen molar-refractivity contribution >= 4 is 24.5 Å². The molecule has 0 fully saturated rings. The van der Waals surface area contributed by atoms with E-state index in [0.29, 0.717) is 19.2 Å². The van der Waals surface area contributed by atoms with Gasteiger partial charge in [-0.2, -0.15) is 0 Å². The average Bonchev–Trinajstić information content (AvgIpc) is 2.20. The van der Waals surface area contributed by atoms with Crippen molar-refractivity contribution in [2.24, 2.45) is 0 Å². The summed E-state index contributed by atoms with van der Waals surface area (Å²) >= 11 is 0. The molecule has 0 aliphatic heterocycles. The predicted molar refractivity (Wildman–Crippen MR) is 50.0 cm³/mol. The number of hydrogen-bond acceptors (Lipinski definition) is 6. The van der Waals surface area contributed by atoms with Crippen LogP contribution in [0.25, 0.3) is 0 Å². The first kappa shape index (κ1) is 15.7. The van der Waals surface area contributed by atoms with Gasteiger partial charge in [-0.15, -0.1) is 0 Å². The molecule has 0 rings (SSSR count). The zero-order valence-corrected chi connectivity index (χ0v) is 8.73. The van der Waals surface area contributed by atoms with Crippen LogP contribution in [-0.4, -0.2) is 38.2 Å². The van der Waals surface area contributed by atoms with Crippen molar-refractivity contribution in [1.29, 1.82) is 0 Å². The molecule has 0 radical (unpaired) electrons. The fraction of sp³-hybridized carbons (Fsp3) is 0.556. The molecule has 0 saturated heterocycles. The predicted octanol–water partition coefficient (Wildman–Crippen LogP) is -0.113. The minimum absolute atomic E-state index is 0.131. The first-order valence-electron chi connectivity index (χ1n) is 4.22. The van der Waals surface area contributed by atoms with E-state index in [-0.39, 0.29) is 12.8 Å². The zero-order chi connectivity index (χ0) is 12.1. The largest absolute Gasteiger partial charge is 0.469 e. The molecular weight excluding hydrogens is 204 g/mol. The fourth-order valence-electron chi connectivity index (χ4n) is 0.439. The Bertz CT molecular complexity index is 211. The second-order valence-electron chi connectivity index (χ2n) is 2.12. The van der Waals surface area contributed by atoms with Gasteiger partial charge in [-0.3, -0.25) is 9.59 Å². The third-order valence-corrected chi connectivity index (χ3v) is 1.03. The van der Waals surface area contributed by atoms with E-state index in [1.165, 1.54) is 7.11 Å². The Labute approximate surface area is 87.5 Å². The number of aldehydes is 2. The van der Waals surface area contributed by atoms with Crippen LogP contribution in [0.4, 0.5) is 0 Å². The number of rotatable bonds is 5. The number of carbonyl (C=O) groups is 4. The maximum absolute atomic E-state index is 10.2. The van der Waals surface area contributed by atoms with Gasteiger partial charge in [-0.25, -0.2) is 0 Å². The molecule has 0 spiro atoms. The highest BCUT2D eigenvalue weighted by molar-refractivity contribution is 5.83. The summed E-state index contributed by atoms with van der Waals surface area (Å²) in [6, 6.07) is 0. The van der Waals surface area contributed by atoms with Gasteiger partial charge in [0.1, 0.15) is 25.4 Å². The van der Waals surface area contributed by atoms with Crippen LogP contribution in [0, 0.1) is 0 Å². The van der Waals surface area contributed by atoms with Crippen LogP contribution in [0.2, 0.25) is 0 Å². The summed E-state index contributed by atoms with van der Waals surface area (Å²) in [7, 11) is 1.24. The molecule has 0 heterocycles. The highest BCUT2D eigenvalue weighted by Crippen LogP contribution is 1.79. The number of esters is 2. The molecule has 0 aliphatic rings. The third-order valence-electron chi connectivity index (χ3n) is 1.03. The molecule has 0 aromatic rings. The highest BCUT2D eigenvalue weighted by atomic mass is 16.5. The summed E-state index contributed by atoms with van der Waals surface area (Å²) in [6.07, 6.45) is 0.758. The van der Waals surface area contributed by atoms with E-state index < -0.39 is 11.9 Å². The first-order valence-corrected chi connectivity index (χ1v) is 4.22. The van der Waals surface area contributed by atoms with Gasteiger partial charge in [0.25, 0.3) is 0 Å². The van der Waals surface area contributed by atoms with Gasteiger partial charge in [0.15, 0.2) is 0 Å². The lowest BCUT2D eigenvalue weighted by Gasteiger charge is -1.93. The van der Waals surface area contributed by atoms with Crippen molar-refractivity contribution in [3.63, 3.8) is 0 Å². The fourth-order valence-corrected chi connectivity index (χ4v) is 0.439. The lowest BCUT2D eigenvalue weighted by Crippen LogP contribution is -2.03. The van der Waals surface area contributed by atoms with Crippen molar-refractivity contribution < 1.29 is 28.7 Å². The van der Waals surface area contributed by atoms with E-state index in [1.807, 2.05) is 0 Å². The van der Waals surface area contributed by atoms with E-state index in [2.05, 4.69) is 9.47 Å². The Balaban J connectivity index is 0. The number of hydrogen-bond donors (Lipinski definition) is 0. The Morgan fingerprint density at radius 1 is 1.07 bits per heavy atom. The van der Waals surface area contributed by atoms with Crippen molar-refractivity contribution in [3.05, 3.63) is 0 Å². The van der Waals surface area contributed by atoms with E-state index in [9.17, 15) is 19.2 Å². The summed E-state index contributed by atoms with van der Waals surface area (Å²) in [6.45, 7) is 2.04. The van der Waals surface area contributed by atoms with E-state index in [4.69, 9.17) is 0 Å². The molecule has 6 heteroatoms. The molecule has 0 unspecified atom stereocenters. The molecule has 0 saturated carbocycles. The van der Waals surface area contributed by atoms with Crippen LogP contribution < -0.4 is 0 Å². The third kappa shape index (κ3) is 15.1. The summed E-state index contributed by atoms with van der Waals surface area (Å²) in [5.74, 6) is -0.947. The molecule has 86 valence electrons. The summed E-state index contributed by atoms with van der Waals surface area (Å²) < 4.78 is 8.53. The van der Waals surface area contributed by atoms with Crippen LogP contribution in [0.15, 0.2) is 0 Å². The van der Waals surface area contributed by atoms with E-state index >= 15 is 0 Å². The second kappa shape index (κ2) is 12.3. The topological polar surface area (TPSA) is 86.7 Å². The lowest BCUT2D eigenvalue weighted by atomic mass is 10.5. The van der Waals surface area contributed by atoms with Gasteiger partial charge < -0.3 is 19.1 Å². The molecule has 0 bridgehead atoms. The van der Waals surface area contributed by atoms with Crippen LogP contribution in [0.1, 0.15) is 19.8 Å². The van der Waals surface area contributed by atoms with E-state index in [1.54, 1.807) is 6.92 Å². The van der Waals surface area contributed by atoms with E-state index in [0.717, 1.165) is 0 Å². The Morgan fingerprint density at radius 2 is 1.53 bits per heavy atom. The molecule has 0 N–H and O–H groups in total. The number of methoxy groups -OCH3 is 1. The monoisotopic (exact) mass is 218 g/mol. The molecule has 0 amide bonds. The summed E-state index contributed by atoms with van der Waals surface area (Å²) in [4.78, 5) is 39.2. The van der Waals surface area contributed by atoms with Crippen molar-refractivity contribution in [2.45, 2.75) is 19.8 Å². The van der Waals surface area contributed by atoms with Gasteiger partial charge in [-0.1, -0.05) is 0 Å². The maximum atomic E-state index is 10.2. The van der Waals surface area contributed by atoms with Crippen LogP contribution >= 0.6 is 0 Å². The molecule has 15 heavy (non-hydrogen) atoms. The van der Waals surface area contributed by atoms with Crippen molar-refractivity contribution in [2.75, 3.05) is 13.7 Å². The van der Waals surface area contributed by atoms with Gasteiger partial charge in [0.2, 0.25) is 0 Å². The highest BCUT2D eigenvalue weighted by Gasteiger charge is 1.96. The van der Waals surface area contributed by atoms with Crippen molar-refractivity contribution in [3.8, 4) is 0 Å². The standard InChI is InChI=1S/C5H8O3.C4H6O3/c1-2-8-5(7)3-4-6;1-7-4(6)2-3-5/h4H,2-3H2,1H3;3H,2H2,1H3. The van der Waals surface area contributed by atoms with Crippen molar-refractivity contribution in [1.82, 2.24) is 0 Å². The SMILES string of the molecule is CCOC(=O)CC=O.COC(=O)CC=O. The Morgan fingerprint density at radius 3 is 1.80 bits per heavy atom. The molecule has 0 aromatic heterocycles. The lowest BCUT2D eigenvalue weighted by molar-refractivity contribution is -0.144. The average molecular weight is 218 g/mol. The molecule has 0 aromatic carbocycles. The number of carbonyl (C=O) groups excluding carboxylic acids is 4. The molecular formula is C9H14O6. The molecule has 0 atom stereocenters. The quantitative estimate of drug-likeness (QED) is 0.363.